The maximum atomic E-state index is 13.1. The van der Waals surface area contributed by atoms with Crippen LogP contribution in [0.25, 0.3) is 74.2 Å². The van der Waals surface area contributed by atoms with Gasteiger partial charge < -0.3 is 68.2 Å². The highest BCUT2D eigenvalue weighted by Crippen LogP contribution is 2.37. The number of nitrogens with one attached hydrogen (secondary N) is 3. The molecular formula is C84H96ClN21O17. The molecule has 16 rings (SSSR count). The van der Waals surface area contributed by atoms with Crippen LogP contribution in [0.15, 0.2) is 102 Å². The molecule has 10 aliphatic rings. The number of carboxylic acids is 3. The van der Waals surface area contributed by atoms with Crippen molar-refractivity contribution in [3.63, 3.8) is 0 Å². The summed E-state index contributed by atoms with van der Waals surface area (Å²) < 4.78 is 18.1. The average Bonchev–Trinajstić information content (AvgIpc) is 1.15. The third-order valence-corrected chi connectivity index (χ3v) is 24.0. The van der Waals surface area contributed by atoms with E-state index in [-0.39, 0.29) is 74.8 Å². The SMILES string of the molecule is C=c1nc2c(c(=O)[nH]1)=Nc1cc(C)c(C)cc1N2CCNCc1cc(=O)[nH]o1.CC(=O)OCn1c(=O)nc2n(CCN3CCC(C(=O)O)CC3)c3cc(C)c(C)cc3nc-2c1=O.Cc1cc2nc3c(=O)n(C)c(=O)nc-3n(CCN(C)[C@H]3CCC[C@H]3C(=O)O)c2cc1C.Cc1cc2nc3c(=O)n(C)c(=O)nc-3n(CCN3CCC(C(=O)O)CC3)c2cc1Cl. The van der Waals surface area contributed by atoms with Crippen LogP contribution in [0.1, 0.15) is 96.6 Å². The van der Waals surface area contributed by atoms with Gasteiger partial charge in [0.2, 0.25) is 0 Å². The van der Waals surface area contributed by atoms with Crippen molar-refractivity contribution in [3.05, 3.63) is 198 Å². The molecule has 38 nitrogen and oxygen atoms in total. The summed E-state index contributed by atoms with van der Waals surface area (Å²) in [5.74, 6) is -2.20. The number of anilines is 2. The average molecular weight is 1710 g/mol. The van der Waals surface area contributed by atoms with Crippen molar-refractivity contribution < 1.29 is 43.8 Å². The number of likely N-dealkylation sites (N-methyl/N-ethyl adjacent to an activating group) is 1. The smallest absolute Gasteiger partial charge is 0.355 e. The highest BCUT2D eigenvalue weighted by molar-refractivity contribution is 6.32. The summed E-state index contributed by atoms with van der Waals surface area (Å²) in [5, 5.41) is 34.3. The second kappa shape index (κ2) is 36.8. The number of aryl methyl sites for hydroxylation is 7. The number of piperidine rings is 2. The first kappa shape index (κ1) is 87.9. The number of fused-ring (bicyclic) bond motifs is 8. The van der Waals surface area contributed by atoms with Crippen molar-refractivity contribution in [1.82, 2.24) is 92.4 Å². The first-order chi connectivity index (χ1) is 58.5. The van der Waals surface area contributed by atoms with Crippen LogP contribution in [0.4, 0.5) is 17.2 Å². The van der Waals surface area contributed by atoms with Crippen molar-refractivity contribution in [2.24, 2.45) is 36.8 Å². The molecule has 0 spiro atoms. The Morgan fingerprint density at radius 2 is 1.04 bits per heavy atom. The molecule has 0 bridgehead atoms. The van der Waals surface area contributed by atoms with Gasteiger partial charge in [-0.25, -0.2) is 43.9 Å². The first-order valence-corrected chi connectivity index (χ1v) is 40.7. The van der Waals surface area contributed by atoms with Gasteiger partial charge in [-0.05, 0) is 208 Å². The highest BCUT2D eigenvalue weighted by Gasteiger charge is 2.37. The number of esters is 1. The van der Waals surface area contributed by atoms with Gasteiger partial charge in [0.15, 0.2) is 58.2 Å². The lowest BCUT2D eigenvalue weighted by Gasteiger charge is -2.30. The Morgan fingerprint density at radius 1 is 0.561 bits per heavy atom. The zero-order valence-corrected chi connectivity index (χ0v) is 70.8. The number of likely N-dealkylation sites (tertiary alicyclic amines) is 2. The second-order valence-corrected chi connectivity index (χ2v) is 32.1. The Hall–Kier alpha value is -12.9. The van der Waals surface area contributed by atoms with Crippen LogP contribution < -0.4 is 65.9 Å². The number of hydrogen-bond donors (Lipinski definition) is 6. The van der Waals surface area contributed by atoms with Crippen LogP contribution in [-0.4, -0.2) is 198 Å². The number of aromatic nitrogens is 15. The number of carbonyl (C=O) groups is 4. The van der Waals surface area contributed by atoms with Crippen molar-refractivity contribution in [1.29, 1.82) is 0 Å². The van der Waals surface area contributed by atoms with E-state index < -0.39 is 64.4 Å². The number of nitrogens with zero attached hydrogens (tertiary/aromatic N) is 18. The van der Waals surface area contributed by atoms with Crippen LogP contribution >= 0.6 is 11.6 Å². The fourth-order valence-corrected chi connectivity index (χ4v) is 16.1. The number of aliphatic carboxylic acids is 3. The fraction of sp³-hybridized carbons (Fsp3) is 0.429. The number of H-pyrrole nitrogens is 2. The first-order valence-electron chi connectivity index (χ1n) is 40.3. The molecule has 3 fully saturated rings. The number of rotatable bonds is 20. The molecule has 0 unspecified atom stereocenters. The predicted octanol–water partition coefficient (Wildman–Crippen LogP) is 4.01. The van der Waals surface area contributed by atoms with Gasteiger partial charge in [-0.2, -0.15) is 20.1 Å². The van der Waals surface area contributed by atoms with Crippen molar-refractivity contribution in [2.75, 3.05) is 70.9 Å². The standard InChI is InChI=1S/C23H27N5O6.C22H27N5O4.C20H22ClN5O4.C19H20N6O3/c1-13-10-17-18(11-14(13)2)27(9-8-26-6-4-16(5-7-26)22(31)32)20-19(24-17)21(30)28(23(33)25-20)12-34-15(3)29;1-12-10-15-17(11-13(12)2)27(19-18(23-15)20(28)26(4)22(31)24-19)9-8-25(3)16-7-5-6-14(16)21(29)30;1-11-9-14-15(10-13(11)21)26(8-7-25-5-3-12(4-6-25)19(28)29)17-16(22-14)18(27)24(2)20(30)23-17;1-10-6-14-15(7-11(10)2)25(5-4-20-9-13-8-16(26)24-28-13)18-17(23-14)19(27)22-12(3)21-18/h10-11,16H,4-9,12H2,1-3H3,(H,31,32);10-11,14,16H,5-9H2,1-4H3,(H,29,30);9-10,12H,3-8H2,1-2H3,(H,28,29);6-8,20H,3-5,9H2,1-2H3,(H,22,27)(H,24,26)/t;14-,16+;;/m.1../s1. The predicted molar refractivity (Wildman–Crippen MR) is 456 cm³/mol. The lowest BCUT2D eigenvalue weighted by atomic mass is 9.97. The summed E-state index contributed by atoms with van der Waals surface area (Å²) in [7, 11) is 4.71. The number of ether oxygens (including phenoxy) is 1. The zero-order chi connectivity index (χ0) is 88.4. The van der Waals surface area contributed by atoms with Crippen LogP contribution in [0, 0.1) is 66.2 Å². The number of carbonyl (C=O) groups excluding carboxylic acids is 1. The van der Waals surface area contributed by atoms with Gasteiger partial charge in [0.05, 0.1) is 68.8 Å². The summed E-state index contributed by atoms with van der Waals surface area (Å²) in [6, 6.07) is 16.8. The van der Waals surface area contributed by atoms with Crippen LogP contribution in [0.2, 0.25) is 5.02 Å². The summed E-state index contributed by atoms with van der Waals surface area (Å²) >= 11 is 6.34. The van der Waals surface area contributed by atoms with Crippen molar-refractivity contribution in [3.8, 4) is 34.6 Å². The van der Waals surface area contributed by atoms with E-state index >= 15 is 0 Å². The molecule has 646 valence electrons. The molecular weight excluding hydrogens is 1610 g/mol. The zero-order valence-electron chi connectivity index (χ0n) is 70.0. The van der Waals surface area contributed by atoms with E-state index in [2.05, 4.69) is 76.6 Å². The largest absolute Gasteiger partial charge is 0.481 e. The minimum absolute atomic E-state index is 0.0205. The van der Waals surface area contributed by atoms with E-state index in [1.54, 1.807) is 6.07 Å². The number of aromatic amines is 2. The van der Waals surface area contributed by atoms with Gasteiger partial charge in [-0.3, -0.25) is 52.3 Å². The quantitative estimate of drug-likeness (QED) is 0.0356. The molecule has 6 aromatic rings. The molecule has 1 aliphatic carbocycles. The third-order valence-electron chi connectivity index (χ3n) is 23.6. The van der Waals surface area contributed by atoms with Gasteiger partial charge in [-0.1, -0.05) is 24.6 Å². The molecule has 39 heteroatoms. The maximum Gasteiger partial charge on any atom is 0.355 e. The van der Waals surface area contributed by atoms with Gasteiger partial charge in [0.25, 0.3) is 27.8 Å². The number of halogens is 1. The molecule has 4 aromatic carbocycles. The summed E-state index contributed by atoms with van der Waals surface area (Å²) in [6.45, 7) is 25.6. The second-order valence-electron chi connectivity index (χ2n) is 31.7. The van der Waals surface area contributed by atoms with Crippen LogP contribution in [-0.2, 0) is 70.9 Å². The topological polar surface area (TPSA) is 477 Å². The van der Waals surface area contributed by atoms with E-state index in [1.807, 2.05) is 117 Å². The monoisotopic (exact) mass is 1710 g/mol. The third kappa shape index (κ3) is 18.9. The Bertz CT molecular complexity index is 6700. The number of hydrogen-bond acceptors (Lipinski definition) is 27. The van der Waals surface area contributed by atoms with Crippen molar-refractivity contribution in [2.45, 2.75) is 139 Å². The van der Waals surface area contributed by atoms with Gasteiger partial charge >= 0.3 is 40.9 Å². The highest BCUT2D eigenvalue weighted by atomic mass is 35.5. The molecule has 6 N–H and O–H groups in total. The Labute approximate surface area is 705 Å². The Balaban J connectivity index is 0.000000141. The molecule has 11 heterocycles. The lowest BCUT2D eigenvalue weighted by Crippen LogP contribution is -2.43. The molecule has 2 saturated heterocycles. The van der Waals surface area contributed by atoms with Gasteiger partial charge in [0, 0.05) is 90.5 Å². The fourth-order valence-electron chi connectivity index (χ4n) is 15.9. The molecule has 2 aromatic heterocycles. The molecule has 123 heavy (non-hydrogen) atoms. The van der Waals surface area contributed by atoms with E-state index in [1.165, 1.54) is 27.1 Å². The molecule has 0 amide bonds. The van der Waals surface area contributed by atoms with Crippen LogP contribution in [0.5, 0.6) is 0 Å². The molecule has 0 radical (unpaired) electrons. The van der Waals surface area contributed by atoms with Crippen LogP contribution in [0.3, 0.4) is 0 Å². The van der Waals surface area contributed by atoms with E-state index in [4.69, 9.17) is 20.9 Å². The normalized spacial score (nSPS) is 15.7. The van der Waals surface area contributed by atoms with Gasteiger partial charge in [0.1, 0.15) is 5.48 Å². The van der Waals surface area contributed by atoms with Gasteiger partial charge in [-0.15, -0.1) is 0 Å². The summed E-state index contributed by atoms with van der Waals surface area (Å²) in [5.41, 5.74) is 9.28. The lowest BCUT2D eigenvalue weighted by molar-refractivity contribution is -0.145. The minimum atomic E-state index is -0.820. The summed E-state index contributed by atoms with van der Waals surface area (Å²) in [4.78, 5) is 190. The molecule has 1 saturated carbocycles. The Morgan fingerprint density at radius 3 is 1.54 bits per heavy atom. The molecule has 2 atom stereocenters. The number of carboxylic acid groups (broad SMARTS) is 3. The van der Waals surface area contributed by atoms with E-state index in [0.29, 0.717) is 161 Å². The maximum absolute atomic E-state index is 13.1. The minimum Gasteiger partial charge on any atom is -0.481 e. The van der Waals surface area contributed by atoms with E-state index in [0.717, 1.165) is 87.9 Å². The molecule has 9 aliphatic heterocycles. The van der Waals surface area contributed by atoms with Crippen molar-refractivity contribution >= 4 is 92.3 Å². The number of benzene rings is 4. The summed E-state index contributed by atoms with van der Waals surface area (Å²) in [6.07, 6.45) is 4.81. The Kier molecular flexibility index (Phi) is 26.3. The van der Waals surface area contributed by atoms with E-state index in [9.17, 15) is 72.9 Å².